The molecule has 0 fully saturated rings. The first-order valence-corrected chi connectivity index (χ1v) is 5.40. The van der Waals surface area contributed by atoms with Crippen molar-refractivity contribution in [1.29, 1.82) is 0 Å². The van der Waals surface area contributed by atoms with Crippen LogP contribution in [-0.2, 0) is 4.79 Å². The zero-order chi connectivity index (χ0) is 13.0. The topological polar surface area (TPSA) is 78.4 Å². The van der Waals surface area contributed by atoms with Crippen LogP contribution in [0, 0.1) is 5.41 Å². The third kappa shape index (κ3) is 5.00. The minimum absolute atomic E-state index is 0.105. The van der Waals surface area contributed by atoms with E-state index in [1.54, 1.807) is 13.8 Å². The lowest BCUT2D eigenvalue weighted by Gasteiger charge is -2.26. The Morgan fingerprint density at radius 3 is 2.06 bits per heavy atom. The van der Waals surface area contributed by atoms with E-state index in [2.05, 4.69) is 10.6 Å². The van der Waals surface area contributed by atoms with Crippen LogP contribution in [0.3, 0.4) is 0 Å². The Balaban J connectivity index is 4.14. The predicted octanol–water partition coefficient (Wildman–Crippen LogP) is 1.58. The Morgan fingerprint density at radius 2 is 1.69 bits per heavy atom. The van der Waals surface area contributed by atoms with E-state index in [0.717, 1.165) is 6.42 Å². The molecule has 0 aliphatic heterocycles. The Morgan fingerprint density at radius 1 is 1.19 bits per heavy atom. The first kappa shape index (κ1) is 14.7. The lowest BCUT2D eigenvalue weighted by molar-refractivity contribution is -0.146. The van der Waals surface area contributed by atoms with Crippen LogP contribution >= 0.6 is 0 Å². The molecule has 0 rings (SSSR count). The normalized spacial score (nSPS) is 12.1. The molecular formula is C11H22N2O3. The number of aliphatic carboxylic acids is 1. The predicted molar refractivity (Wildman–Crippen MR) is 62.3 cm³/mol. The van der Waals surface area contributed by atoms with Crippen LogP contribution in [0.1, 0.15) is 41.0 Å². The lowest BCUT2D eigenvalue weighted by Crippen LogP contribution is -2.50. The molecule has 3 N–H and O–H groups in total. The first-order chi connectivity index (χ1) is 7.10. The third-order valence-electron chi connectivity index (χ3n) is 2.61. The Kier molecular flexibility index (Phi) is 4.78. The van der Waals surface area contributed by atoms with Crippen LogP contribution in [0.5, 0.6) is 0 Å². The maximum Gasteiger partial charge on any atom is 0.315 e. The zero-order valence-electron chi connectivity index (χ0n) is 10.7. The van der Waals surface area contributed by atoms with Crippen molar-refractivity contribution in [3.63, 3.8) is 0 Å². The van der Waals surface area contributed by atoms with Crippen LogP contribution in [0.25, 0.3) is 0 Å². The number of hydrogen-bond donors (Lipinski definition) is 3. The smallest absolute Gasteiger partial charge is 0.315 e. The fraction of sp³-hybridized carbons (Fsp3) is 0.818. The zero-order valence-corrected chi connectivity index (χ0v) is 10.7. The summed E-state index contributed by atoms with van der Waals surface area (Å²) in [6.07, 6.45) is 0.808. The molecule has 0 saturated heterocycles. The second-order valence-corrected chi connectivity index (χ2v) is 5.23. The fourth-order valence-corrected chi connectivity index (χ4v) is 0.817. The van der Waals surface area contributed by atoms with Crippen molar-refractivity contribution in [1.82, 2.24) is 10.6 Å². The van der Waals surface area contributed by atoms with Gasteiger partial charge in [-0.15, -0.1) is 0 Å². The number of urea groups is 1. The van der Waals surface area contributed by atoms with Crippen LogP contribution in [0.2, 0.25) is 0 Å². The van der Waals surface area contributed by atoms with Gasteiger partial charge in [-0.3, -0.25) is 4.79 Å². The summed E-state index contributed by atoms with van der Waals surface area (Å²) in [7, 11) is 0. The maximum atomic E-state index is 11.5. The largest absolute Gasteiger partial charge is 0.481 e. The van der Waals surface area contributed by atoms with Gasteiger partial charge in [0.1, 0.15) is 0 Å². The molecule has 2 amide bonds. The summed E-state index contributed by atoms with van der Waals surface area (Å²) in [6, 6.07) is -0.332. The minimum atomic E-state index is -0.951. The van der Waals surface area contributed by atoms with Gasteiger partial charge in [0, 0.05) is 12.1 Å². The van der Waals surface area contributed by atoms with Gasteiger partial charge in [-0.25, -0.2) is 4.79 Å². The second-order valence-electron chi connectivity index (χ2n) is 5.23. The van der Waals surface area contributed by atoms with E-state index < -0.39 is 11.4 Å². The van der Waals surface area contributed by atoms with E-state index in [-0.39, 0.29) is 18.1 Å². The quantitative estimate of drug-likeness (QED) is 0.671. The highest BCUT2D eigenvalue weighted by Gasteiger charge is 2.28. The number of hydrogen-bond acceptors (Lipinski definition) is 2. The van der Waals surface area contributed by atoms with Gasteiger partial charge in [-0.2, -0.15) is 0 Å². The highest BCUT2D eigenvalue weighted by molar-refractivity contribution is 5.77. The fourth-order valence-electron chi connectivity index (χ4n) is 0.817. The molecule has 0 aromatic heterocycles. The van der Waals surface area contributed by atoms with Gasteiger partial charge in [0.2, 0.25) is 0 Å². The summed E-state index contributed by atoms with van der Waals surface area (Å²) in [5, 5.41) is 14.2. The van der Waals surface area contributed by atoms with Crippen molar-refractivity contribution in [2.45, 2.75) is 46.6 Å². The van der Waals surface area contributed by atoms with E-state index in [0.29, 0.717) is 0 Å². The molecule has 94 valence electrons. The monoisotopic (exact) mass is 230 g/mol. The SMILES string of the molecule is CCC(C)(C)NC(=O)NCC(C)(C)C(=O)O. The van der Waals surface area contributed by atoms with Crippen molar-refractivity contribution < 1.29 is 14.7 Å². The van der Waals surface area contributed by atoms with E-state index in [4.69, 9.17) is 5.11 Å². The van der Waals surface area contributed by atoms with Crippen molar-refractivity contribution in [2.75, 3.05) is 6.54 Å². The van der Waals surface area contributed by atoms with Gasteiger partial charge in [0.05, 0.1) is 5.41 Å². The molecule has 0 heterocycles. The van der Waals surface area contributed by atoms with Crippen molar-refractivity contribution in [3.8, 4) is 0 Å². The molecule has 0 bridgehead atoms. The molecule has 16 heavy (non-hydrogen) atoms. The molecule has 0 spiro atoms. The molecular weight excluding hydrogens is 208 g/mol. The molecule has 0 aliphatic rings. The molecule has 5 nitrogen and oxygen atoms in total. The van der Waals surface area contributed by atoms with Crippen LogP contribution in [0.15, 0.2) is 0 Å². The molecule has 0 unspecified atom stereocenters. The maximum absolute atomic E-state index is 11.5. The van der Waals surface area contributed by atoms with Gasteiger partial charge in [-0.1, -0.05) is 6.92 Å². The molecule has 0 aromatic carbocycles. The molecule has 0 atom stereocenters. The van der Waals surface area contributed by atoms with Gasteiger partial charge < -0.3 is 15.7 Å². The summed E-state index contributed by atoms with van der Waals surface area (Å²) in [5.41, 5.74) is -1.23. The minimum Gasteiger partial charge on any atom is -0.481 e. The average Bonchev–Trinajstić information content (AvgIpc) is 2.14. The number of amides is 2. The Labute approximate surface area is 96.6 Å². The van der Waals surface area contributed by atoms with Crippen molar-refractivity contribution >= 4 is 12.0 Å². The number of carboxylic acids is 1. The van der Waals surface area contributed by atoms with E-state index in [1.807, 2.05) is 20.8 Å². The molecule has 0 radical (unpaired) electrons. The highest BCUT2D eigenvalue weighted by Crippen LogP contribution is 2.13. The van der Waals surface area contributed by atoms with Crippen molar-refractivity contribution in [2.24, 2.45) is 5.41 Å². The van der Waals surface area contributed by atoms with Gasteiger partial charge in [0.15, 0.2) is 0 Å². The van der Waals surface area contributed by atoms with Crippen molar-refractivity contribution in [3.05, 3.63) is 0 Å². The summed E-state index contributed by atoms with van der Waals surface area (Å²) < 4.78 is 0. The summed E-state index contributed by atoms with van der Waals surface area (Å²) in [5.74, 6) is -0.928. The first-order valence-electron chi connectivity index (χ1n) is 5.40. The Bertz CT molecular complexity index is 272. The summed E-state index contributed by atoms with van der Waals surface area (Å²) in [6.45, 7) is 9.04. The van der Waals surface area contributed by atoms with Crippen LogP contribution < -0.4 is 10.6 Å². The third-order valence-corrected chi connectivity index (χ3v) is 2.61. The number of nitrogens with one attached hydrogen (secondary N) is 2. The molecule has 0 saturated carbocycles. The number of carbonyl (C=O) groups excluding carboxylic acids is 1. The number of carboxylic acid groups (broad SMARTS) is 1. The van der Waals surface area contributed by atoms with E-state index >= 15 is 0 Å². The lowest BCUT2D eigenvalue weighted by atomic mass is 9.94. The van der Waals surface area contributed by atoms with E-state index in [9.17, 15) is 9.59 Å². The summed E-state index contributed by atoms with van der Waals surface area (Å²) >= 11 is 0. The number of carbonyl (C=O) groups is 2. The Hall–Kier alpha value is -1.26. The molecule has 5 heteroatoms. The van der Waals surface area contributed by atoms with E-state index in [1.165, 1.54) is 0 Å². The average molecular weight is 230 g/mol. The van der Waals surface area contributed by atoms with Crippen LogP contribution in [-0.4, -0.2) is 29.2 Å². The number of rotatable bonds is 5. The highest BCUT2D eigenvalue weighted by atomic mass is 16.4. The molecule has 0 aromatic rings. The van der Waals surface area contributed by atoms with Gasteiger partial charge in [-0.05, 0) is 34.1 Å². The van der Waals surface area contributed by atoms with Gasteiger partial charge >= 0.3 is 12.0 Å². The van der Waals surface area contributed by atoms with Gasteiger partial charge in [0.25, 0.3) is 0 Å². The standard InChI is InChI=1S/C11H22N2O3/c1-6-11(4,5)13-9(16)12-7-10(2,3)8(14)15/h6-7H2,1-5H3,(H,14,15)(H2,12,13,16). The summed E-state index contributed by atoms with van der Waals surface area (Å²) in [4.78, 5) is 22.3. The van der Waals surface area contributed by atoms with Crippen LogP contribution in [0.4, 0.5) is 4.79 Å². The second kappa shape index (κ2) is 5.18. The molecule has 0 aliphatic carbocycles.